The van der Waals surface area contributed by atoms with Crippen LogP contribution in [0.4, 0.5) is 0 Å². The first-order valence-electron chi connectivity index (χ1n) is 10.8. The molecule has 4 rings (SSSR count). The van der Waals surface area contributed by atoms with Crippen LogP contribution < -0.4 is 0 Å². The third kappa shape index (κ3) is 2.47. The van der Waals surface area contributed by atoms with E-state index in [2.05, 4.69) is 25.1 Å². The van der Waals surface area contributed by atoms with Gasteiger partial charge in [0.1, 0.15) is 0 Å². The number of carbonyl (C=O) groups is 2. The summed E-state index contributed by atoms with van der Waals surface area (Å²) < 4.78 is 5.83. The molecular weight excluding hydrogens is 354 g/mol. The molecule has 154 valence electrons. The Morgan fingerprint density at radius 1 is 1.07 bits per heavy atom. The monoisotopic (exact) mass is 387 g/mol. The Morgan fingerprint density at radius 2 is 1.79 bits per heavy atom. The Morgan fingerprint density at radius 3 is 2.43 bits per heavy atom. The highest BCUT2D eigenvalue weighted by molar-refractivity contribution is 5.96. The van der Waals surface area contributed by atoms with Crippen molar-refractivity contribution in [2.45, 2.75) is 84.7 Å². The fourth-order valence-corrected chi connectivity index (χ4v) is 7.71. The molecule has 0 aromatic heterocycles. The molecule has 0 saturated heterocycles. The van der Waals surface area contributed by atoms with Crippen LogP contribution >= 0.6 is 0 Å². The van der Waals surface area contributed by atoms with Gasteiger partial charge in [-0.2, -0.15) is 0 Å². The number of Topliss-reactive ketones (excluding diaryl/α,β-unsaturated/α-hetero) is 1. The molecule has 5 nitrogen and oxygen atoms in total. The highest BCUT2D eigenvalue weighted by atomic mass is 16.6. The molecule has 3 saturated carbocycles. The summed E-state index contributed by atoms with van der Waals surface area (Å²) in [4.78, 5) is 24.7. The first-order valence-corrected chi connectivity index (χ1v) is 10.8. The zero-order chi connectivity index (χ0) is 20.3. The van der Waals surface area contributed by atoms with E-state index in [-0.39, 0.29) is 22.6 Å². The molecule has 0 bridgehead atoms. The molecule has 0 aromatic carbocycles. The first kappa shape index (κ1) is 19.7. The Kier molecular flexibility index (Phi) is 4.51. The fourth-order valence-electron chi connectivity index (χ4n) is 7.71. The van der Waals surface area contributed by atoms with E-state index in [9.17, 15) is 14.8 Å². The number of nitrogens with zero attached hydrogens (tertiary/aromatic N) is 1. The van der Waals surface area contributed by atoms with E-state index in [4.69, 9.17) is 4.74 Å². The van der Waals surface area contributed by atoms with Gasteiger partial charge >= 0.3 is 5.97 Å². The number of rotatable bonds is 2. The van der Waals surface area contributed by atoms with Gasteiger partial charge < -0.3 is 9.94 Å². The molecule has 4 aliphatic carbocycles. The first-order chi connectivity index (χ1) is 13.2. The second kappa shape index (κ2) is 6.43. The normalized spacial score (nSPS) is 46.2. The molecular formula is C23H33NO4. The van der Waals surface area contributed by atoms with Gasteiger partial charge in [0, 0.05) is 12.3 Å². The number of carbonyl (C=O) groups excluding carboxylic acids is 2. The fraction of sp³-hybridized carbons (Fsp3) is 0.783. The third-order valence-electron chi connectivity index (χ3n) is 9.11. The summed E-state index contributed by atoms with van der Waals surface area (Å²) in [5.74, 6) is 1.23. The number of hydrogen-bond acceptors (Lipinski definition) is 5. The van der Waals surface area contributed by atoms with Crippen LogP contribution in [0.15, 0.2) is 16.8 Å². The second-order valence-electron chi connectivity index (χ2n) is 10.1. The van der Waals surface area contributed by atoms with Crippen LogP contribution in [0.3, 0.4) is 0 Å². The van der Waals surface area contributed by atoms with Gasteiger partial charge in [0.15, 0.2) is 11.4 Å². The molecule has 1 N–H and O–H groups in total. The van der Waals surface area contributed by atoms with Crippen LogP contribution in [0.2, 0.25) is 0 Å². The number of ketones is 1. The Bertz CT molecular complexity index is 771. The molecule has 3 fully saturated rings. The van der Waals surface area contributed by atoms with Crippen molar-refractivity contribution in [3.05, 3.63) is 11.6 Å². The number of allylic oxidation sites excluding steroid dienone is 2. The SMILES string of the molecule is CC(=O)O[C@]1(C(C)=O)CC[C@@H]2[C@@H]3CCC4=C/C(=N\O)CC[C@]4(C)[C@@H]3CC[C@@]21C. The lowest BCUT2D eigenvalue weighted by Gasteiger charge is -2.59. The minimum atomic E-state index is -0.950. The van der Waals surface area contributed by atoms with Crippen molar-refractivity contribution >= 4 is 17.5 Å². The molecule has 0 heterocycles. The lowest BCUT2D eigenvalue weighted by atomic mass is 9.46. The predicted octanol–water partition coefficient (Wildman–Crippen LogP) is 4.67. The van der Waals surface area contributed by atoms with E-state index in [0.29, 0.717) is 24.2 Å². The van der Waals surface area contributed by atoms with Gasteiger partial charge in [-0.05, 0) is 87.5 Å². The van der Waals surface area contributed by atoms with Gasteiger partial charge in [-0.1, -0.05) is 24.6 Å². The van der Waals surface area contributed by atoms with Crippen LogP contribution in [-0.2, 0) is 14.3 Å². The molecule has 5 heteroatoms. The van der Waals surface area contributed by atoms with Gasteiger partial charge in [-0.3, -0.25) is 9.59 Å². The van der Waals surface area contributed by atoms with Crippen molar-refractivity contribution in [3.8, 4) is 0 Å². The average molecular weight is 388 g/mol. The predicted molar refractivity (Wildman–Crippen MR) is 106 cm³/mol. The van der Waals surface area contributed by atoms with Crippen LogP contribution in [0, 0.1) is 28.6 Å². The molecule has 28 heavy (non-hydrogen) atoms. The van der Waals surface area contributed by atoms with E-state index in [1.807, 2.05) is 0 Å². The summed E-state index contributed by atoms with van der Waals surface area (Å²) in [6, 6.07) is 0. The molecule has 0 amide bonds. The maximum absolute atomic E-state index is 12.8. The number of esters is 1. The number of fused-ring (bicyclic) bond motifs is 5. The van der Waals surface area contributed by atoms with Crippen molar-refractivity contribution in [2.24, 2.45) is 33.7 Å². The van der Waals surface area contributed by atoms with Crippen molar-refractivity contribution in [3.63, 3.8) is 0 Å². The average Bonchev–Trinajstić information content (AvgIpc) is 2.94. The summed E-state index contributed by atoms with van der Waals surface area (Å²) in [6.45, 7) is 7.62. The van der Waals surface area contributed by atoms with Crippen molar-refractivity contribution in [2.75, 3.05) is 0 Å². The number of hydrogen-bond donors (Lipinski definition) is 1. The molecule has 0 aromatic rings. The highest BCUT2D eigenvalue weighted by Crippen LogP contribution is 2.68. The molecule has 0 unspecified atom stereocenters. The Hall–Kier alpha value is -1.65. The third-order valence-corrected chi connectivity index (χ3v) is 9.11. The molecule has 0 spiro atoms. The van der Waals surface area contributed by atoms with Crippen LogP contribution in [0.1, 0.15) is 79.1 Å². The van der Waals surface area contributed by atoms with Crippen molar-refractivity contribution in [1.29, 1.82) is 0 Å². The summed E-state index contributed by atoms with van der Waals surface area (Å²) >= 11 is 0. The largest absolute Gasteiger partial charge is 0.451 e. The molecule has 0 aliphatic heterocycles. The van der Waals surface area contributed by atoms with Crippen molar-refractivity contribution in [1.82, 2.24) is 0 Å². The minimum Gasteiger partial charge on any atom is -0.451 e. The van der Waals surface area contributed by atoms with Gasteiger partial charge in [-0.15, -0.1) is 0 Å². The molecule has 6 atom stereocenters. The zero-order valence-electron chi connectivity index (χ0n) is 17.6. The summed E-state index contributed by atoms with van der Waals surface area (Å²) in [5.41, 5.74) is 1.18. The maximum atomic E-state index is 12.8. The molecule has 4 aliphatic rings. The van der Waals surface area contributed by atoms with Crippen molar-refractivity contribution < 1.29 is 19.5 Å². The number of oxime groups is 1. The van der Waals surface area contributed by atoms with Gasteiger partial charge in [0.05, 0.1) is 5.71 Å². The molecule has 0 radical (unpaired) electrons. The Labute approximate surface area is 167 Å². The van der Waals surface area contributed by atoms with E-state index >= 15 is 0 Å². The van der Waals surface area contributed by atoms with E-state index in [0.717, 1.165) is 50.7 Å². The summed E-state index contributed by atoms with van der Waals surface area (Å²) in [7, 11) is 0. The van der Waals surface area contributed by atoms with E-state index < -0.39 is 5.60 Å². The standard InChI is InChI=1S/C23H33NO4/c1-14(25)23(28-15(2)26)12-9-20-18-6-5-16-13-17(24-27)7-10-21(16,3)19(18)8-11-22(20,23)4/h13,18-20,27H,5-12H2,1-4H3/b24-17-/t18-,19-,20-,21+,22+,23+/m1/s1. The Balaban J connectivity index is 1.69. The second-order valence-corrected chi connectivity index (χ2v) is 10.1. The summed E-state index contributed by atoms with van der Waals surface area (Å²) in [6.07, 6.45) is 9.74. The lowest BCUT2D eigenvalue weighted by Crippen LogP contribution is -2.58. The van der Waals surface area contributed by atoms with Gasteiger partial charge in [-0.25, -0.2) is 0 Å². The summed E-state index contributed by atoms with van der Waals surface area (Å²) in [5, 5.41) is 12.7. The van der Waals surface area contributed by atoms with Gasteiger partial charge in [0.25, 0.3) is 0 Å². The minimum absolute atomic E-state index is 0.00946. The zero-order valence-corrected chi connectivity index (χ0v) is 17.6. The number of ether oxygens (including phenoxy) is 1. The smallest absolute Gasteiger partial charge is 0.303 e. The van der Waals surface area contributed by atoms with Crippen LogP contribution in [0.5, 0.6) is 0 Å². The quantitative estimate of drug-likeness (QED) is 0.424. The van der Waals surface area contributed by atoms with E-state index in [1.54, 1.807) is 6.92 Å². The maximum Gasteiger partial charge on any atom is 0.303 e. The van der Waals surface area contributed by atoms with Gasteiger partial charge in [0.2, 0.25) is 0 Å². The van der Waals surface area contributed by atoms with E-state index in [1.165, 1.54) is 12.5 Å². The highest BCUT2D eigenvalue weighted by Gasteiger charge is 2.67. The van der Waals surface area contributed by atoms with Crippen LogP contribution in [0.25, 0.3) is 0 Å². The lowest BCUT2D eigenvalue weighted by molar-refractivity contribution is -0.187. The van der Waals surface area contributed by atoms with Crippen LogP contribution in [-0.4, -0.2) is 28.3 Å². The topological polar surface area (TPSA) is 76.0 Å².